The van der Waals surface area contributed by atoms with Gasteiger partial charge in [-0.2, -0.15) is 8.42 Å². The molecule has 1 aliphatic rings. The monoisotopic (exact) mass is 506 g/mol. The summed E-state index contributed by atoms with van der Waals surface area (Å²) < 4.78 is 45.5. The van der Waals surface area contributed by atoms with E-state index in [1.807, 2.05) is 0 Å². The molecule has 0 spiro atoms. The normalized spacial score (nSPS) is 29.5. The lowest BCUT2D eigenvalue weighted by Crippen LogP contribution is -2.67. The minimum atomic E-state index is -4.96. The molecule has 0 unspecified atom stereocenters. The Morgan fingerprint density at radius 1 is 1.06 bits per heavy atom. The van der Waals surface area contributed by atoms with E-state index in [2.05, 4.69) is 14.8 Å². The Balaban J connectivity index is 3.29. The zero-order valence-corrected chi connectivity index (χ0v) is 18.5. The maximum atomic E-state index is 11.6. The van der Waals surface area contributed by atoms with Gasteiger partial charge in [0.25, 0.3) is 0 Å². The van der Waals surface area contributed by atoms with E-state index in [1.165, 1.54) is 0 Å². The van der Waals surface area contributed by atoms with Crippen LogP contribution >= 0.6 is 0 Å². The molecule has 33 heavy (non-hydrogen) atoms. The standard InChI is InChI=1S/C16H30N2O14S/c1-6(21)17-8(3-19)15(12(24)9(23)4-20)32-16-11(18-7(2)22)14(26)13(25)10(31-16)5-30-33(27,28)29/h8-16,19-20,23-26H,3-5H2,1-2H3,(H,17,21)(H,18,22)(H,27,28,29)/t8-,9+,10+,11+,12-,13+,14+,15+,16-/m0/s1. The molecule has 1 heterocycles. The first kappa shape index (κ1) is 29.5. The van der Waals surface area contributed by atoms with Crippen LogP contribution in [0.25, 0.3) is 0 Å². The van der Waals surface area contributed by atoms with Crippen LogP contribution in [0.4, 0.5) is 0 Å². The van der Waals surface area contributed by atoms with Crippen LogP contribution in [-0.4, -0.2) is 130 Å². The predicted molar refractivity (Wildman–Crippen MR) is 104 cm³/mol. The quantitative estimate of drug-likeness (QED) is 0.112. The third-order valence-electron chi connectivity index (χ3n) is 4.64. The van der Waals surface area contributed by atoms with Crippen molar-refractivity contribution in [2.75, 3.05) is 19.8 Å². The fraction of sp³-hybridized carbons (Fsp3) is 0.875. The van der Waals surface area contributed by atoms with E-state index in [1.54, 1.807) is 0 Å². The van der Waals surface area contributed by atoms with Gasteiger partial charge in [0.05, 0.1) is 25.9 Å². The first-order valence-electron chi connectivity index (χ1n) is 9.62. The molecular weight excluding hydrogens is 476 g/mol. The second-order valence-corrected chi connectivity index (χ2v) is 8.38. The van der Waals surface area contributed by atoms with Gasteiger partial charge in [0.2, 0.25) is 11.8 Å². The number of aliphatic hydroxyl groups excluding tert-OH is 6. The highest BCUT2D eigenvalue weighted by atomic mass is 32.3. The Kier molecular flexibility index (Phi) is 11.5. The molecule has 0 aromatic carbocycles. The Morgan fingerprint density at radius 2 is 1.67 bits per heavy atom. The number of hydrogen-bond donors (Lipinski definition) is 9. The summed E-state index contributed by atoms with van der Waals surface area (Å²) in [5.41, 5.74) is 0. The minimum Gasteiger partial charge on any atom is -0.394 e. The highest BCUT2D eigenvalue weighted by Crippen LogP contribution is 2.26. The molecule has 1 aliphatic heterocycles. The van der Waals surface area contributed by atoms with Crippen molar-refractivity contribution in [2.45, 2.75) is 68.8 Å². The summed E-state index contributed by atoms with van der Waals surface area (Å²) in [5, 5.41) is 64.2. The maximum Gasteiger partial charge on any atom is 0.397 e. The highest BCUT2D eigenvalue weighted by molar-refractivity contribution is 7.80. The van der Waals surface area contributed by atoms with Gasteiger partial charge in [-0.1, -0.05) is 0 Å². The molecule has 2 amide bonds. The summed E-state index contributed by atoms with van der Waals surface area (Å²) in [6, 6.07) is -2.92. The number of ether oxygens (including phenoxy) is 2. The number of amides is 2. The van der Waals surface area contributed by atoms with Crippen molar-refractivity contribution >= 4 is 22.2 Å². The molecule has 9 atom stereocenters. The van der Waals surface area contributed by atoms with Gasteiger partial charge in [0.1, 0.15) is 42.7 Å². The molecule has 194 valence electrons. The number of carbonyl (C=O) groups is 2. The molecule has 1 saturated heterocycles. The zero-order chi connectivity index (χ0) is 25.5. The molecule has 0 aromatic heterocycles. The maximum absolute atomic E-state index is 11.6. The van der Waals surface area contributed by atoms with E-state index in [-0.39, 0.29) is 0 Å². The minimum absolute atomic E-state index is 0.675. The van der Waals surface area contributed by atoms with Crippen LogP contribution in [-0.2, 0) is 33.6 Å². The van der Waals surface area contributed by atoms with Crippen LogP contribution < -0.4 is 10.6 Å². The SMILES string of the molecule is CC(=O)N[C@H]1[C@H](O[C@@H]([C@@H](O)[C@H](O)CO)[C@H](CO)NC(C)=O)O[C@H](COS(=O)(=O)O)[C@@H](O)[C@@H]1O. The van der Waals surface area contributed by atoms with Crippen molar-refractivity contribution in [1.82, 2.24) is 10.6 Å². The molecule has 1 fully saturated rings. The van der Waals surface area contributed by atoms with E-state index >= 15 is 0 Å². The summed E-state index contributed by atoms with van der Waals surface area (Å²) in [6.07, 6.45) is -12.6. The van der Waals surface area contributed by atoms with Crippen molar-refractivity contribution in [3.05, 3.63) is 0 Å². The largest absolute Gasteiger partial charge is 0.397 e. The number of nitrogens with one attached hydrogen (secondary N) is 2. The molecule has 0 saturated carbocycles. The van der Waals surface area contributed by atoms with Crippen LogP contribution in [0.1, 0.15) is 13.8 Å². The van der Waals surface area contributed by atoms with E-state index in [9.17, 15) is 43.5 Å². The molecular formula is C16H30N2O14S. The molecule has 1 rings (SSSR count). The average Bonchev–Trinajstić information content (AvgIpc) is 2.72. The fourth-order valence-corrected chi connectivity index (χ4v) is 3.42. The Morgan fingerprint density at radius 3 is 2.12 bits per heavy atom. The summed E-state index contributed by atoms with van der Waals surface area (Å²) in [6.45, 7) is -0.650. The van der Waals surface area contributed by atoms with Gasteiger partial charge in [0, 0.05) is 13.8 Å². The second-order valence-electron chi connectivity index (χ2n) is 7.29. The molecule has 17 heteroatoms. The van der Waals surface area contributed by atoms with Crippen molar-refractivity contribution in [3.8, 4) is 0 Å². The summed E-state index contributed by atoms with van der Waals surface area (Å²) >= 11 is 0. The van der Waals surface area contributed by atoms with Gasteiger partial charge in [0.15, 0.2) is 6.29 Å². The Labute approximate surface area is 189 Å². The number of hydrogen-bond acceptors (Lipinski definition) is 13. The molecule has 0 aromatic rings. The highest BCUT2D eigenvalue weighted by Gasteiger charge is 2.48. The number of rotatable bonds is 12. The lowest BCUT2D eigenvalue weighted by molar-refractivity contribution is -0.294. The van der Waals surface area contributed by atoms with Crippen LogP contribution in [0.2, 0.25) is 0 Å². The van der Waals surface area contributed by atoms with Gasteiger partial charge in [-0.3, -0.25) is 14.1 Å². The van der Waals surface area contributed by atoms with Crippen LogP contribution in [0.5, 0.6) is 0 Å². The second kappa shape index (κ2) is 12.8. The van der Waals surface area contributed by atoms with E-state index in [0.29, 0.717) is 0 Å². The predicted octanol–water partition coefficient (Wildman–Crippen LogP) is -5.65. The molecule has 0 bridgehead atoms. The van der Waals surface area contributed by atoms with Gasteiger partial charge in [-0.05, 0) is 0 Å². The number of aliphatic hydroxyl groups is 6. The first-order valence-corrected chi connectivity index (χ1v) is 11.0. The molecule has 0 aliphatic carbocycles. The van der Waals surface area contributed by atoms with E-state index in [0.717, 1.165) is 13.8 Å². The zero-order valence-electron chi connectivity index (χ0n) is 17.7. The average molecular weight is 506 g/mol. The first-order chi connectivity index (χ1) is 15.2. The third-order valence-corrected chi connectivity index (χ3v) is 5.08. The topological polar surface area (TPSA) is 262 Å². The van der Waals surface area contributed by atoms with Crippen LogP contribution in [0, 0.1) is 0 Å². The smallest absolute Gasteiger partial charge is 0.394 e. The third kappa shape index (κ3) is 8.98. The lowest BCUT2D eigenvalue weighted by atomic mass is 9.96. The summed E-state index contributed by atoms with van der Waals surface area (Å²) in [7, 11) is -4.96. The van der Waals surface area contributed by atoms with E-state index in [4.69, 9.17) is 19.1 Å². The number of carbonyl (C=O) groups excluding carboxylic acids is 2. The van der Waals surface area contributed by atoms with Gasteiger partial charge < -0.3 is 50.7 Å². The van der Waals surface area contributed by atoms with Crippen molar-refractivity contribution in [3.63, 3.8) is 0 Å². The van der Waals surface area contributed by atoms with Gasteiger partial charge >= 0.3 is 10.4 Å². The van der Waals surface area contributed by atoms with Crippen molar-refractivity contribution in [2.24, 2.45) is 0 Å². The Hall–Kier alpha value is -1.51. The fourth-order valence-electron chi connectivity index (χ4n) is 3.11. The van der Waals surface area contributed by atoms with Gasteiger partial charge in [-0.15, -0.1) is 0 Å². The molecule has 0 radical (unpaired) electrons. The van der Waals surface area contributed by atoms with Gasteiger partial charge in [-0.25, -0.2) is 4.18 Å². The summed E-state index contributed by atoms with van der Waals surface area (Å²) in [5.74, 6) is -1.39. The van der Waals surface area contributed by atoms with Crippen molar-refractivity contribution in [1.29, 1.82) is 0 Å². The lowest BCUT2D eigenvalue weighted by Gasteiger charge is -2.45. The Bertz CT molecular complexity index is 751. The molecule has 9 N–H and O–H groups in total. The van der Waals surface area contributed by atoms with Crippen LogP contribution in [0.15, 0.2) is 0 Å². The van der Waals surface area contributed by atoms with Crippen molar-refractivity contribution < 1.29 is 66.9 Å². The summed E-state index contributed by atoms with van der Waals surface area (Å²) in [4.78, 5) is 23.1. The van der Waals surface area contributed by atoms with Crippen LogP contribution in [0.3, 0.4) is 0 Å². The van der Waals surface area contributed by atoms with E-state index < -0.39 is 97.0 Å². The molecule has 16 nitrogen and oxygen atoms in total.